The Balaban J connectivity index is 1.58. The van der Waals surface area contributed by atoms with E-state index < -0.39 is 35.5 Å². The number of nitrogens with one attached hydrogen (secondary N) is 1. The molecule has 8 atom stereocenters. The molecule has 3 N–H and O–H groups in total. The van der Waals surface area contributed by atoms with Crippen LogP contribution in [0.4, 0.5) is 0 Å². The van der Waals surface area contributed by atoms with Gasteiger partial charge in [-0.15, -0.1) is 11.3 Å². The normalized spacial score (nSPS) is 38.8. The van der Waals surface area contributed by atoms with Crippen molar-refractivity contribution in [2.45, 2.75) is 109 Å². The number of aliphatic hydroxyl groups is 2. The van der Waals surface area contributed by atoms with E-state index in [2.05, 4.69) is 17.2 Å². The highest BCUT2D eigenvalue weighted by Crippen LogP contribution is 2.45. The van der Waals surface area contributed by atoms with Crippen LogP contribution in [0.2, 0.25) is 0 Å². The first kappa shape index (κ1) is 29.6. The highest BCUT2D eigenvalue weighted by Gasteiger charge is 2.53. The van der Waals surface area contributed by atoms with Gasteiger partial charge >= 0.3 is 0 Å². The van der Waals surface area contributed by atoms with E-state index in [9.17, 15) is 19.8 Å². The van der Waals surface area contributed by atoms with Crippen LogP contribution in [-0.4, -0.2) is 69.6 Å². The van der Waals surface area contributed by atoms with E-state index in [0.717, 1.165) is 30.0 Å². The largest absolute Gasteiger partial charge is 0.392 e. The first-order valence-corrected chi connectivity index (χ1v) is 14.8. The van der Waals surface area contributed by atoms with E-state index >= 15 is 0 Å². The Kier molecular flexibility index (Phi) is 9.06. The molecule has 3 saturated heterocycles. The van der Waals surface area contributed by atoms with E-state index in [1.54, 1.807) is 19.9 Å². The van der Waals surface area contributed by atoms with Crippen LogP contribution in [0.15, 0.2) is 10.4 Å². The van der Waals surface area contributed by atoms with Crippen LogP contribution in [0.3, 0.4) is 0 Å². The fourth-order valence-corrected chi connectivity index (χ4v) is 6.33. The monoisotopic (exact) mass is 568 g/mol. The van der Waals surface area contributed by atoms with Crippen molar-refractivity contribution in [2.24, 2.45) is 17.3 Å². The van der Waals surface area contributed by atoms with Gasteiger partial charge in [0, 0.05) is 22.8 Å². The number of carbonyl (C=O) groups is 2. The Morgan fingerprint density at radius 3 is 2.66 bits per heavy atom. The standard InChI is InChI=1S/C28H41ClN2O6S/c1-15-7-6-8-28(5)23(37-28)11-21(20(29)9-17-14-38-16(2)30-17)31-24(33)12-22(32)27(3,4)26(35)19(25(15)34)10-18-13-36-18/h9,14-15,18-19,21-23,25,32,34H,6-8,10-13H2,1-5H3,(H,31,33)/t15-,18?,19+,21-,22-,23?,25-,28?/m0/s1. The van der Waals surface area contributed by atoms with Gasteiger partial charge in [-0.2, -0.15) is 0 Å². The van der Waals surface area contributed by atoms with Crippen LogP contribution in [0, 0.1) is 24.2 Å². The van der Waals surface area contributed by atoms with Gasteiger partial charge in [0.15, 0.2) is 0 Å². The third kappa shape index (κ3) is 7.04. The lowest BCUT2D eigenvalue weighted by molar-refractivity contribution is -0.144. The second-order valence-electron chi connectivity index (χ2n) is 12.1. The van der Waals surface area contributed by atoms with E-state index in [0.29, 0.717) is 24.5 Å². The lowest BCUT2D eigenvalue weighted by atomic mass is 9.71. The van der Waals surface area contributed by atoms with Crippen molar-refractivity contribution >= 4 is 40.7 Å². The molecule has 1 aromatic heterocycles. The molecular formula is C28H41ClN2O6S. The minimum Gasteiger partial charge on any atom is -0.392 e. The van der Waals surface area contributed by atoms with Gasteiger partial charge in [-0.3, -0.25) is 9.59 Å². The first-order chi connectivity index (χ1) is 17.8. The van der Waals surface area contributed by atoms with Crippen molar-refractivity contribution in [1.82, 2.24) is 10.3 Å². The minimum atomic E-state index is -1.24. The Labute approximate surface area is 234 Å². The van der Waals surface area contributed by atoms with Crippen LogP contribution in [0.25, 0.3) is 6.08 Å². The molecule has 0 aromatic carbocycles. The SMILES string of the molecule is Cc1nc(C=C(Cl)[C@@H]2CC3OC3(C)CCC[C@H](C)[C@H](O)[C@@H](CC3CO3)C(=O)C(C)(C)[C@@H](O)CC(=O)N2)cs1. The van der Waals surface area contributed by atoms with E-state index in [-0.39, 0.29) is 35.9 Å². The summed E-state index contributed by atoms with van der Waals surface area (Å²) in [4.78, 5) is 31.3. The van der Waals surface area contributed by atoms with Crippen LogP contribution >= 0.6 is 22.9 Å². The number of ketones is 1. The third-order valence-electron chi connectivity index (χ3n) is 8.51. The molecule has 1 amide bonds. The number of amides is 1. The molecule has 3 fully saturated rings. The molecule has 8 nitrogen and oxygen atoms in total. The summed E-state index contributed by atoms with van der Waals surface area (Å²) in [5.74, 6) is -1.44. The number of thiazole rings is 1. The lowest BCUT2D eigenvalue weighted by Crippen LogP contribution is -2.48. The molecule has 212 valence electrons. The van der Waals surface area contributed by atoms with Gasteiger partial charge in [-0.25, -0.2) is 4.98 Å². The fraction of sp³-hybridized carbons (Fsp3) is 0.750. The molecule has 38 heavy (non-hydrogen) atoms. The Bertz CT molecular complexity index is 1060. The molecule has 10 heteroatoms. The number of aryl methyl sites for hydroxylation is 1. The number of epoxide rings is 2. The number of Topliss-reactive ketones (excluding diaryl/α,β-unsaturated/α-hetero) is 1. The Morgan fingerprint density at radius 1 is 1.32 bits per heavy atom. The van der Waals surface area contributed by atoms with Gasteiger partial charge in [0.1, 0.15) is 5.78 Å². The average molecular weight is 569 g/mol. The molecule has 4 heterocycles. The maximum Gasteiger partial charge on any atom is 0.223 e. The van der Waals surface area contributed by atoms with Crippen molar-refractivity contribution in [3.63, 3.8) is 0 Å². The van der Waals surface area contributed by atoms with Crippen LogP contribution in [-0.2, 0) is 19.1 Å². The summed E-state index contributed by atoms with van der Waals surface area (Å²) in [5.41, 5.74) is -0.846. The molecule has 4 rings (SSSR count). The topological polar surface area (TPSA) is 125 Å². The fourth-order valence-electron chi connectivity index (χ4n) is 5.51. The first-order valence-electron chi connectivity index (χ1n) is 13.6. The van der Waals surface area contributed by atoms with E-state index in [4.69, 9.17) is 21.1 Å². The van der Waals surface area contributed by atoms with E-state index in [1.807, 2.05) is 19.2 Å². The molecule has 0 bridgehead atoms. The zero-order valence-corrected chi connectivity index (χ0v) is 24.5. The van der Waals surface area contributed by atoms with Crippen molar-refractivity contribution < 1.29 is 29.3 Å². The van der Waals surface area contributed by atoms with Crippen LogP contribution in [0.1, 0.15) is 76.9 Å². The van der Waals surface area contributed by atoms with E-state index in [1.165, 1.54) is 11.3 Å². The number of aliphatic hydroxyl groups excluding tert-OH is 2. The predicted octanol–water partition coefficient (Wildman–Crippen LogP) is 4.00. The summed E-state index contributed by atoms with van der Waals surface area (Å²) in [7, 11) is 0. The lowest BCUT2D eigenvalue weighted by Gasteiger charge is -2.36. The Hall–Kier alpha value is -1.36. The Morgan fingerprint density at radius 2 is 2.03 bits per heavy atom. The number of aromatic nitrogens is 1. The molecule has 0 radical (unpaired) electrons. The van der Waals surface area contributed by atoms with Gasteiger partial charge in [0.25, 0.3) is 0 Å². The molecule has 0 spiro atoms. The summed E-state index contributed by atoms with van der Waals surface area (Å²) in [6, 6.07) is -0.516. The minimum absolute atomic E-state index is 0.0524. The van der Waals surface area contributed by atoms with Gasteiger partial charge in [0.05, 0.1) is 65.2 Å². The number of nitrogens with zero attached hydrogens (tertiary/aromatic N) is 1. The van der Waals surface area contributed by atoms with Gasteiger partial charge in [0.2, 0.25) is 5.91 Å². The second-order valence-corrected chi connectivity index (χ2v) is 13.6. The second kappa shape index (κ2) is 11.6. The maximum absolute atomic E-state index is 13.7. The highest BCUT2D eigenvalue weighted by atomic mass is 35.5. The van der Waals surface area contributed by atoms with Gasteiger partial charge in [-0.05, 0) is 45.1 Å². The maximum atomic E-state index is 13.7. The van der Waals surface area contributed by atoms with Crippen molar-refractivity contribution in [3.05, 3.63) is 21.1 Å². The quantitative estimate of drug-likeness (QED) is 0.469. The highest BCUT2D eigenvalue weighted by molar-refractivity contribution is 7.09. The zero-order valence-electron chi connectivity index (χ0n) is 22.9. The van der Waals surface area contributed by atoms with Gasteiger partial charge < -0.3 is 25.0 Å². The van der Waals surface area contributed by atoms with Crippen LogP contribution in [0.5, 0.6) is 0 Å². The van der Waals surface area contributed by atoms with Gasteiger partial charge in [-0.1, -0.05) is 38.8 Å². The van der Waals surface area contributed by atoms with Crippen molar-refractivity contribution in [2.75, 3.05) is 6.61 Å². The van der Waals surface area contributed by atoms with Crippen molar-refractivity contribution in [3.8, 4) is 0 Å². The smallest absolute Gasteiger partial charge is 0.223 e. The van der Waals surface area contributed by atoms with Crippen molar-refractivity contribution in [1.29, 1.82) is 0 Å². The summed E-state index contributed by atoms with van der Waals surface area (Å²) in [6.45, 7) is 9.81. The molecule has 0 aliphatic carbocycles. The number of hydrogen-bond acceptors (Lipinski definition) is 8. The average Bonchev–Trinajstić information content (AvgIpc) is 3.74. The number of halogens is 1. The molecule has 3 aliphatic rings. The number of carbonyl (C=O) groups excluding carboxylic acids is 2. The number of rotatable bonds is 4. The molecular weight excluding hydrogens is 528 g/mol. The summed E-state index contributed by atoms with van der Waals surface area (Å²) in [6.07, 6.45) is 2.54. The summed E-state index contributed by atoms with van der Waals surface area (Å²) >= 11 is 8.24. The third-order valence-corrected chi connectivity index (χ3v) is 9.67. The molecule has 3 aliphatic heterocycles. The molecule has 0 saturated carbocycles. The number of fused-ring (bicyclic) bond motifs is 1. The zero-order chi connectivity index (χ0) is 27.8. The summed E-state index contributed by atoms with van der Waals surface area (Å²) in [5, 5.41) is 28.6. The number of ether oxygens (including phenoxy) is 2. The predicted molar refractivity (Wildman–Crippen MR) is 147 cm³/mol. The van der Waals surface area contributed by atoms with Crippen LogP contribution < -0.4 is 5.32 Å². The molecule has 1 aromatic rings. The summed E-state index contributed by atoms with van der Waals surface area (Å²) < 4.78 is 11.5. The number of hydrogen-bond donors (Lipinski definition) is 3. The molecule has 3 unspecified atom stereocenters.